The quantitative estimate of drug-likeness (QED) is 0.829. The van der Waals surface area contributed by atoms with Crippen molar-refractivity contribution >= 4 is 28.3 Å². The third-order valence-corrected chi connectivity index (χ3v) is 3.64. The molecule has 0 aliphatic heterocycles. The van der Waals surface area contributed by atoms with E-state index in [2.05, 4.69) is 29.8 Å². The largest absolute Gasteiger partial charge is 0.493 e. The first-order chi connectivity index (χ1) is 8.49. The van der Waals surface area contributed by atoms with Crippen molar-refractivity contribution in [2.75, 3.05) is 14.2 Å². The van der Waals surface area contributed by atoms with Gasteiger partial charge in [-0.1, -0.05) is 29.8 Å². The van der Waals surface area contributed by atoms with E-state index in [1.807, 2.05) is 12.1 Å². The summed E-state index contributed by atoms with van der Waals surface area (Å²) < 4.78 is 11.5. The fourth-order valence-electron chi connectivity index (χ4n) is 1.82. The van der Waals surface area contributed by atoms with Gasteiger partial charge in [0.2, 0.25) is 0 Å². The summed E-state index contributed by atoms with van der Waals surface area (Å²) in [5, 5.41) is 0. The maximum absolute atomic E-state index is 6.23. The molecule has 5 heteroatoms. The summed E-state index contributed by atoms with van der Waals surface area (Å²) in [4.78, 5) is 0. The van der Waals surface area contributed by atoms with Crippen molar-refractivity contribution in [1.29, 1.82) is 0 Å². The molecule has 1 atom stereocenters. The number of rotatable bonds is 6. The Morgan fingerprint density at radius 1 is 1.11 bits per heavy atom. The zero-order chi connectivity index (χ0) is 13.7. The Morgan fingerprint density at radius 3 is 2.11 bits per heavy atom. The molecule has 0 aromatic heterocycles. The Hall–Kier alpha value is -0.450. The van der Waals surface area contributed by atoms with E-state index in [9.17, 15) is 0 Å². The third kappa shape index (κ3) is 5.21. The summed E-state index contributed by atoms with van der Waals surface area (Å²) in [6.07, 6.45) is 2.08. The summed E-state index contributed by atoms with van der Waals surface area (Å²) >= 11 is 3.54. The van der Waals surface area contributed by atoms with Crippen molar-refractivity contribution in [2.24, 2.45) is 11.7 Å². The van der Waals surface area contributed by atoms with Crippen LogP contribution in [0.2, 0.25) is 0 Å². The van der Waals surface area contributed by atoms with Crippen LogP contribution in [0.3, 0.4) is 0 Å². The van der Waals surface area contributed by atoms with Gasteiger partial charge in [-0.05, 0) is 36.5 Å². The zero-order valence-corrected chi connectivity index (χ0v) is 14.3. The molecule has 1 aromatic carbocycles. The van der Waals surface area contributed by atoms with Gasteiger partial charge < -0.3 is 15.2 Å². The predicted octanol–water partition coefficient (Wildman–Crippen LogP) is 4.32. The minimum Gasteiger partial charge on any atom is -0.493 e. The van der Waals surface area contributed by atoms with Gasteiger partial charge in [0.25, 0.3) is 0 Å². The molecule has 110 valence electrons. The highest BCUT2D eigenvalue weighted by atomic mass is 79.9. The van der Waals surface area contributed by atoms with Crippen molar-refractivity contribution in [3.05, 3.63) is 22.2 Å². The molecule has 0 fully saturated rings. The maximum Gasteiger partial charge on any atom is 0.161 e. The molecule has 0 bridgehead atoms. The lowest BCUT2D eigenvalue weighted by atomic mass is 9.98. The van der Waals surface area contributed by atoms with Gasteiger partial charge in [-0.2, -0.15) is 0 Å². The second-order valence-electron chi connectivity index (χ2n) is 4.81. The standard InChI is InChI=1S/C14H22BrNO2.ClH/c1-9(2)5-6-12(16)10-7-13(17-3)14(18-4)8-11(10)15;/h7-9,12H,5-6,16H2,1-4H3;1H/t12-;/m1./s1. The lowest BCUT2D eigenvalue weighted by molar-refractivity contribution is 0.353. The van der Waals surface area contributed by atoms with E-state index in [-0.39, 0.29) is 18.4 Å². The first-order valence-corrected chi connectivity index (χ1v) is 6.95. The first kappa shape index (κ1) is 18.6. The van der Waals surface area contributed by atoms with Crippen molar-refractivity contribution in [3.8, 4) is 11.5 Å². The van der Waals surface area contributed by atoms with Crippen LogP contribution in [0.15, 0.2) is 16.6 Å². The molecule has 0 saturated carbocycles. The molecule has 1 rings (SSSR count). The number of nitrogens with two attached hydrogens (primary N) is 1. The van der Waals surface area contributed by atoms with E-state index >= 15 is 0 Å². The van der Waals surface area contributed by atoms with Crippen LogP contribution in [0.1, 0.15) is 38.3 Å². The summed E-state index contributed by atoms with van der Waals surface area (Å²) in [5.74, 6) is 2.09. The van der Waals surface area contributed by atoms with Crippen LogP contribution in [-0.4, -0.2) is 14.2 Å². The summed E-state index contributed by atoms with van der Waals surface area (Å²) in [7, 11) is 3.26. The van der Waals surface area contributed by atoms with Gasteiger partial charge in [-0.15, -0.1) is 12.4 Å². The molecule has 0 aliphatic rings. The molecule has 0 aliphatic carbocycles. The molecule has 0 spiro atoms. The highest BCUT2D eigenvalue weighted by Crippen LogP contribution is 2.36. The number of hydrogen-bond donors (Lipinski definition) is 1. The zero-order valence-electron chi connectivity index (χ0n) is 11.9. The van der Waals surface area contributed by atoms with Crippen LogP contribution in [-0.2, 0) is 0 Å². The molecule has 1 aromatic rings. The molecular formula is C14H23BrClNO2. The highest BCUT2D eigenvalue weighted by molar-refractivity contribution is 9.10. The Labute approximate surface area is 130 Å². The average Bonchev–Trinajstić information content (AvgIpc) is 2.35. The molecule has 2 N–H and O–H groups in total. The normalized spacial score (nSPS) is 11.9. The Bertz CT molecular complexity index is 399. The SMILES string of the molecule is COc1cc(Br)c([C@H](N)CCC(C)C)cc1OC.Cl. The average molecular weight is 353 g/mol. The van der Waals surface area contributed by atoms with Crippen LogP contribution in [0, 0.1) is 5.92 Å². The van der Waals surface area contributed by atoms with Crippen molar-refractivity contribution in [1.82, 2.24) is 0 Å². The van der Waals surface area contributed by atoms with E-state index in [4.69, 9.17) is 15.2 Å². The minimum atomic E-state index is 0. The molecule has 19 heavy (non-hydrogen) atoms. The lowest BCUT2D eigenvalue weighted by Gasteiger charge is -2.17. The second-order valence-corrected chi connectivity index (χ2v) is 5.66. The van der Waals surface area contributed by atoms with Gasteiger partial charge in [0.05, 0.1) is 14.2 Å². The van der Waals surface area contributed by atoms with Crippen molar-refractivity contribution in [2.45, 2.75) is 32.7 Å². The number of hydrogen-bond acceptors (Lipinski definition) is 3. The molecule has 0 saturated heterocycles. The van der Waals surface area contributed by atoms with Crippen molar-refractivity contribution in [3.63, 3.8) is 0 Å². The number of benzene rings is 1. The van der Waals surface area contributed by atoms with Crippen molar-refractivity contribution < 1.29 is 9.47 Å². The van der Waals surface area contributed by atoms with E-state index in [0.29, 0.717) is 11.7 Å². The first-order valence-electron chi connectivity index (χ1n) is 6.16. The smallest absolute Gasteiger partial charge is 0.161 e. The molecule has 0 radical (unpaired) electrons. The predicted molar refractivity (Wildman–Crippen MR) is 85.5 cm³/mol. The van der Waals surface area contributed by atoms with Gasteiger partial charge >= 0.3 is 0 Å². The fraction of sp³-hybridized carbons (Fsp3) is 0.571. The number of ether oxygens (including phenoxy) is 2. The van der Waals surface area contributed by atoms with E-state index < -0.39 is 0 Å². The number of methoxy groups -OCH3 is 2. The highest BCUT2D eigenvalue weighted by Gasteiger charge is 2.15. The summed E-state index contributed by atoms with van der Waals surface area (Å²) in [6, 6.07) is 3.87. The molecule has 0 unspecified atom stereocenters. The van der Waals surface area contributed by atoms with Crippen LogP contribution in [0.5, 0.6) is 11.5 Å². The van der Waals surface area contributed by atoms with Gasteiger partial charge in [-0.25, -0.2) is 0 Å². The van der Waals surface area contributed by atoms with Gasteiger partial charge in [0, 0.05) is 10.5 Å². The lowest BCUT2D eigenvalue weighted by Crippen LogP contribution is -2.12. The number of halogens is 2. The van der Waals surface area contributed by atoms with Crippen LogP contribution < -0.4 is 15.2 Å². The van der Waals surface area contributed by atoms with E-state index in [0.717, 1.165) is 28.6 Å². The topological polar surface area (TPSA) is 44.5 Å². The molecule has 3 nitrogen and oxygen atoms in total. The van der Waals surface area contributed by atoms with Crippen LogP contribution >= 0.6 is 28.3 Å². The summed E-state index contributed by atoms with van der Waals surface area (Å²) in [5.41, 5.74) is 7.30. The Kier molecular flexibility index (Phi) is 8.46. The molecular weight excluding hydrogens is 330 g/mol. The van der Waals surface area contributed by atoms with E-state index in [1.165, 1.54) is 0 Å². The minimum absolute atomic E-state index is 0. The Balaban J connectivity index is 0.00000324. The van der Waals surface area contributed by atoms with E-state index in [1.54, 1.807) is 14.2 Å². The van der Waals surface area contributed by atoms with Gasteiger partial charge in [0.1, 0.15) is 0 Å². The molecule has 0 amide bonds. The van der Waals surface area contributed by atoms with Gasteiger partial charge in [0.15, 0.2) is 11.5 Å². The summed E-state index contributed by atoms with van der Waals surface area (Å²) in [6.45, 7) is 4.41. The second kappa shape index (κ2) is 8.67. The Morgan fingerprint density at radius 2 is 1.63 bits per heavy atom. The monoisotopic (exact) mass is 351 g/mol. The van der Waals surface area contributed by atoms with Crippen LogP contribution in [0.25, 0.3) is 0 Å². The third-order valence-electron chi connectivity index (χ3n) is 2.96. The fourth-order valence-corrected chi connectivity index (χ4v) is 2.44. The maximum atomic E-state index is 6.23. The van der Waals surface area contributed by atoms with Gasteiger partial charge in [-0.3, -0.25) is 0 Å². The molecule has 0 heterocycles. The van der Waals surface area contributed by atoms with Crippen LogP contribution in [0.4, 0.5) is 0 Å².